The van der Waals surface area contributed by atoms with E-state index in [1.54, 1.807) is 0 Å². The Kier molecular flexibility index (Phi) is 4.54. The number of rotatable bonds is 2. The third kappa shape index (κ3) is 3.12. The van der Waals surface area contributed by atoms with Gasteiger partial charge in [0.15, 0.2) is 0 Å². The first kappa shape index (κ1) is 17.4. The molecule has 2 fully saturated rings. The second kappa shape index (κ2) is 7.04. The van der Waals surface area contributed by atoms with Gasteiger partial charge >= 0.3 is 0 Å². The topological polar surface area (TPSA) is 49.2 Å². The SMILES string of the molecule is C[C@@H]1C[C@H](n2c(C3CCOCC3)nc3cnc4ccc(Cl)cc4c32)CCO1. The van der Waals surface area contributed by atoms with Crippen molar-refractivity contribution in [3.8, 4) is 0 Å². The van der Waals surface area contributed by atoms with Crippen LogP contribution >= 0.6 is 11.6 Å². The molecular formula is C21H24ClN3O2. The van der Waals surface area contributed by atoms with E-state index in [0.717, 1.165) is 66.9 Å². The van der Waals surface area contributed by atoms with Crippen LogP contribution in [0.1, 0.15) is 50.4 Å². The van der Waals surface area contributed by atoms with Gasteiger partial charge in [-0.05, 0) is 50.8 Å². The molecule has 1 aromatic carbocycles. The average molecular weight is 386 g/mol. The van der Waals surface area contributed by atoms with Crippen LogP contribution in [0, 0.1) is 0 Å². The van der Waals surface area contributed by atoms with Crippen molar-refractivity contribution in [2.75, 3.05) is 19.8 Å². The molecule has 2 atom stereocenters. The van der Waals surface area contributed by atoms with E-state index in [1.807, 2.05) is 24.4 Å². The first-order chi connectivity index (χ1) is 13.2. The zero-order valence-corrected chi connectivity index (χ0v) is 16.3. The Morgan fingerprint density at radius 1 is 1.11 bits per heavy atom. The summed E-state index contributed by atoms with van der Waals surface area (Å²) in [5.74, 6) is 1.61. The van der Waals surface area contributed by atoms with Crippen LogP contribution in [0.3, 0.4) is 0 Å². The highest BCUT2D eigenvalue weighted by Crippen LogP contribution is 2.38. The van der Waals surface area contributed by atoms with Gasteiger partial charge in [-0.15, -0.1) is 0 Å². The highest BCUT2D eigenvalue weighted by Gasteiger charge is 2.30. The standard InChI is InChI=1S/C21H24ClN3O2/c1-13-10-16(6-9-27-13)25-20-17-11-15(22)2-3-18(17)23-12-19(20)24-21(25)14-4-7-26-8-5-14/h2-3,11-14,16H,4-10H2,1H3/t13-,16-/m1/s1. The number of fused-ring (bicyclic) bond motifs is 3. The lowest BCUT2D eigenvalue weighted by molar-refractivity contribution is 0.00544. The van der Waals surface area contributed by atoms with E-state index in [2.05, 4.69) is 16.5 Å². The molecule has 0 saturated carbocycles. The average Bonchev–Trinajstić information content (AvgIpc) is 3.09. The molecule has 5 rings (SSSR count). The fraction of sp³-hybridized carbons (Fsp3) is 0.524. The Labute approximate surface area is 163 Å². The fourth-order valence-corrected chi connectivity index (χ4v) is 4.76. The molecule has 0 N–H and O–H groups in total. The Morgan fingerprint density at radius 3 is 2.78 bits per heavy atom. The molecule has 27 heavy (non-hydrogen) atoms. The highest BCUT2D eigenvalue weighted by atomic mass is 35.5. The highest BCUT2D eigenvalue weighted by molar-refractivity contribution is 6.31. The van der Waals surface area contributed by atoms with Crippen molar-refractivity contribution >= 4 is 33.5 Å². The lowest BCUT2D eigenvalue weighted by Gasteiger charge is -2.32. The summed E-state index contributed by atoms with van der Waals surface area (Å²) in [5.41, 5.74) is 3.10. The van der Waals surface area contributed by atoms with E-state index >= 15 is 0 Å². The summed E-state index contributed by atoms with van der Waals surface area (Å²) in [6.45, 7) is 4.57. The third-order valence-corrected chi connectivity index (χ3v) is 6.15. The number of nitrogens with zero attached hydrogens (tertiary/aromatic N) is 3. The van der Waals surface area contributed by atoms with Crippen LogP contribution in [0.15, 0.2) is 24.4 Å². The van der Waals surface area contributed by atoms with Crippen molar-refractivity contribution in [2.45, 2.75) is 50.7 Å². The molecule has 2 aliphatic rings. The smallest absolute Gasteiger partial charge is 0.113 e. The molecule has 0 spiro atoms. The maximum absolute atomic E-state index is 6.34. The molecule has 0 radical (unpaired) electrons. The van der Waals surface area contributed by atoms with Gasteiger partial charge in [0, 0.05) is 42.2 Å². The van der Waals surface area contributed by atoms with Crippen LogP contribution in [0.4, 0.5) is 0 Å². The van der Waals surface area contributed by atoms with Crippen LogP contribution in [-0.2, 0) is 9.47 Å². The number of pyridine rings is 1. The zero-order chi connectivity index (χ0) is 18.4. The summed E-state index contributed by atoms with van der Waals surface area (Å²) in [6, 6.07) is 6.32. The van der Waals surface area contributed by atoms with Gasteiger partial charge < -0.3 is 14.0 Å². The van der Waals surface area contributed by atoms with E-state index < -0.39 is 0 Å². The number of halogens is 1. The largest absolute Gasteiger partial charge is 0.381 e. The molecule has 6 heteroatoms. The lowest BCUT2D eigenvalue weighted by atomic mass is 9.97. The molecule has 0 bridgehead atoms. The number of hydrogen-bond acceptors (Lipinski definition) is 4. The predicted octanol–water partition coefficient (Wildman–Crippen LogP) is 4.87. The van der Waals surface area contributed by atoms with Crippen molar-refractivity contribution in [2.24, 2.45) is 0 Å². The number of benzene rings is 1. The monoisotopic (exact) mass is 385 g/mol. The van der Waals surface area contributed by atoms with Gasteiger partial charge in [0.25, 0.3) is 0 Å². The van der Waals surface area contributed by atoms with Crippen LogP contribution < -0.4 is 0 Å². The first-order valence-electron chi connectivity index (χ1n) is 9.86. The number of hydrogen-bond donors (Lipinski definition) is 0. The van der Waals surface area contributed by atoms with Crippen LogP contribution in [-0.4, -0.2) is 40.5 Å². The third-order valence-electron chi connectivity index (χ3n) is 5.91. The maximum Gasteiger partial charge on any atom is 0.113 e. The Bertz CT molecular complexity index is 980. The lowest BCUT2D eigenvalue weighted by Crippen LogP contribution is -2.28. The van der Waals surface area contributed by atoms with E-state index in [9.17, 15) is 0 Å². The number of imidazole rings is 1. The second-order valence-corrected chi connectivity index (χ2v) is 8.18. The fourth-order valence-electron chi connectivity index (χ4n) is 4.59. The van der Waals surface area contributed by atoms with Gasteiger partial charge in [-0.2, -0.15) is 0 Å². The van der Waals surface area contributed by atoms with Crippen molar-refractivity contribution < 1.29 is 9.47 Å². The van der Waals surface area contributed by atoms with E-state index in [1.165, 1.54) is 11.3 Å². The minimum absolute atomic E-state index is 0.264. The van der Waals surface area contributed by atoms with Gasteiger partial charge in [0.1, 0.15) is 11.3 Å². The summed E-state index contributed by atoms with van der Waals surface area (Å²) >= 11 is 6.34. The molecule has 142 valence electrons. The van der Waals surface area contributed by atoms with Gasteiger partial charge in [0.05, 0.1) is 23.3 Å². The van der Waals surface area contributed by atoms with E-state index in [0.29, 0.717) is 12.0 Å². The molecule has 0 aliphatic carbocycles. The Morgan fingerprint density at radius 2 is 1.96 bits per heavy atom. The summed E-state index contributed by atoms with van der Waals surface area (Å²) in [7, 11) is 0. The Balaban J connectivity index is 1.76. The summed E-state index contributed by atoms with van der Waals surface area (Å²) in [6.07, 6.45) is 6.24. The summed E-state index contributed by atoms with van der Waals surface area (Å²) in [4.78, 5) is 9.70. The quantitative estimate of drug-likeness (QED) is 0.631. The second-order valence-electron chi connectivity index (χ2n) is 7.74. The summed E-state index contributed by atoms with van der Waals surface area (Å²) in [5, 5.41) is 1.82. The van der Waals surface area contributed by atoms with E-state index in [-0.39, 0.29) is 6.10 Å². The maximum atomic E-state index is 6.34. The van der Waals surface area contributed by atoms with Gasteiger partial charge in [-0.25, -0.2) is 4.98 Å². The molecule has 4 heterocycles. The molecule has 2 saturated heterocycles. The van der Waals surface area contributed by atoms with Crippen LogP contribution in [0.5, 0.6) is 0 Å². The summed E-state index contributed by atoms with van der Waals surface area (Å²) < 4.78 is 13.9. The van der Waals surface area contributed by atoms with E-state index in [4.69, 9.17) is 26.1 Å². The zero-order valence-electron chi connectivity index (χ0n) is 15.5. The van der Waals surface area contributed by atoms with Crippen molar-refractivity contribution in [1.29, 1.82) is 0 Å². The molecule has 0 amide bonds. The molecule has 3 aromatic rings. The van der Waals surface area contributed by atoms with Crippen LogP contribution in [0.2, 0.25) is 5.02 Å². The minimum atomic E-state index is 0.264. The minimum Gasteiger partial charge on any atom is -0.381 e. The normalized spacial score (nSPS) is 24.7. The van der Waals surface area contributed by atoms with Crippen molar-refractivity contribution in [3.05, 3.63) is 35.2 Å². The molecule has 2 aromatic heterocycles. The van der Waals surface area contributed by atoms with Crippen molar-refractivity contribution in [3.63, 3.8) is 0 Å². The number of aromatic nitrogens is 3. The van der Waals surface area contributed by atoms with Crippen LogP contribution in [0.25, 0.3) is 21.9 Å². The molecular weight excluding hydrogens is 362 g/mol. The molecule has 2 aliphatic heterocycles. The number of ether oxygens (including phenoxy) is 2. The van der Waals surface area contributed by atoms with Gasteiger partial charge in [-0.3, -0.25) is 4.98 Å². The van der Waals surface area contributed by atoms with Crippen molar-refractivity contribution in [1.82, 2.24) is 14.5 Å². The predicted molar refractivity (Wildman–Crippen MR) is 107 cm³/mol. The Hall–Kier alpha value is -1.69. The molecule has 5 nitrogen and oxygen atoms in total. The first-order valence-corrected chi connectivity index (χ1v) is 10.2. The van der Waals surface area contributed by atoms with Gasteiger partial charge in [0.2, 0.25) is 0 Å². The van der Waals surface area contributed by atoms with Gasteiger partial charge in [-0.1, -0.05) is 11.6 Å². The molecule has 0 unspecified atom stereocenters.